The number of aryl methyl sites for hydroxylation is 3. The average Bonchev–Trinajstić information content (AvgIpc) is 3.16. The summed E-state index contributed by atoms with van der Waals surface area (Å²) in [6.45, 7) is 7.37. The number of hydrogen-bond donors (Lipinski definition) is 2. The maximum Gasteiger partial charge on any atom is 0.233 e. The smallest absolute Gasteiger partial charge is 0.233 e. The standard InChI is InChI=1S/C19H21FN4OS/c1-10-5-6-14(8-16(10)20)7-15-9-21-19(26-15)22-18(25)11(2)17-12(3)23-24-13(17)4/h5-6,8-9,11H,7H2,1-4H3,(H,23,24)(H,21,22,25)/t11-/m0/s1. The molecule has 0 aliphatic carbocycles. The number of nitrogens with zero attached hydrogens (tertiary/aromatic N) is 2. The first kappa shape index (κ1) is 18.3. The van der Waals surface area contributed by atoms with Crippen molar-refractivity contribution in [3.63, 3.8) is 0 Å². The number of H-pyrrole nitrogens is 1. The van der Waals surface area contributed by atoms with Gasteiger partial charge in [-0.25, -0.2) is 9.37 Å². The van der Waals surface area contributed by atoms with Crippen molar-refractivity contribution in [1.29, 1.82) is 0 Å². The molecule has 136 valence electrons. The summed E-state index contributed by atoms with van der Waals surface area (Å²) >= 11 is 1.40. The third-order valence-corrected chi connectivity index (χ3v) is 5.32. The summed E-state index contributed by atoms with van der Waals surface area (Å²) in [5.74, 6) is -0.660. The summed E-state index contributed by atoms with van der Waals surface area (Å²) in [5, 5.41) is 10.5. The zero-order valence-electron chi connectivity index (χ0n) is 15.2. The predicted octanol–water partition coefficient (Wildman–Crippen LogP) is 4.26. The van der Waals surface area contributed by atoms with Crippen molar-refractivity contribution in [2.75, 3.05) is 5.32 Å². The molecule has 1 atom stereocenters. The second kappa shape index (κ2) is 7.37. The summed E-state index contributed by atoms with van der Waals surface area (Å²) in [6, 6.07) is 5.22. The van der Waals surface area contributed by atoms with Gasteiger partial charge in [0.2, 0.25) is 5.91 Å². The molecule has 0 saturated carbocycles. The van der Waals surface area contributed by atoms with Gasteiger partial charge in [0.15, 0.2) is 5.13 Å². The van der Waals surface area contributed by atoms with Crippen LogP contribution in [-0.2, 0) is 11.2 Å². The van der Waals surface area contributed by atoms with Gasteiger partial charge in [0.05, 0.1) is 11.6 Å². The molecule has 0 bridgehead atoms. The van der Waals surface area contributed by atoms with E-state index >= 15 is 0 Å². The van der Waals surface area contributed by atoms with Gasteiger partial charge < -0.3 is 5.32 Å². The summed E-state index contributed by atoms with van der Waals surface area (Å²) in [4.78, 5) is 17.8. The molecule has 26 heavy (non-hydrogen) atoms. The van der Waals surface area contributed by atoms with E-state index in [0.717, 1.165) is 27.4 Å². The van der Waals surface area contributed by atoms with Crippen LogP contribution in [0.25, 0.3) is 0 Å². The Kier molecular flexibility index (Phi) is 5.18. The molecule has 2 heterocycles. The van der Waals surface area contributed by atoms with E-state index in [1.807, 2.05) is 26.8 Å². The molecule has 1 amide bonds. The zero-order chi connectivity index (χ0) is 18.8. The first-order chi connectivity index (χ1) is 12.3. The number of amides is 1. The lowest BCUT2D eigenvalue weighted by molar-refractivity contribution is -0.117. The van der Waals surface area contributed by atoms with Crippen molar-refractivity contribution in [1.82, 2.24) is 15.2 Å². The monoisotopic (exact) mass is 372 g/mol. The fraction of sp³-hybridized carbons (Fsp3) is 0.316. The van der Waals surface area contributed by atoms with E-state index in [1.54, 1.807) is 25.3 Å². The van der Waals surface area contributed by atoms with E-state index < -0.39 is 0 Å². The first-order valence-corrected chi connectivity index (χ1v) is 9.19. The number of anilines is 1. The third-order valence-electron chi connectivity index (χ3n) is 4.41. The van der Waals surface area contributed by atoms with Crippen molar-refractivity contribution in [2.24, 2.45) is 0 Å². The van der Waals surface area contributed by atoms with Crippen molar-refractivity contribution < 1.29 is 9.18 Å². The molecule has 0 aliphatic heterocycles. The minimum atomic E-state index is -0.327. The van der Waals surface area contributed by atoms with Gasteiger partial charge in [-0.1, -0.05) is 12.1 Å². The first-order valence-electron chi connectivity index (χ1n) is 8.37. The number of aromatic amines is 1. The molecule has 2 aromatic heterocycles. The lowest BCUT2D eigenvalue weighted by atomic mass is 9.98. The summed E-state index contributed by atoms with van der Waals surface area (Å²) in [6.07, 6.45) is 2.30. The second-order valence-corrected chi connectivity index (χ2v) is 7.57. The molecule has 0 radical (unpaired) electrons. The number of halogens is 1. The quantitative estimate of drug-likeness (QED) is 0.703. The molecular weight excluding hydrogens is 351 g/mol. The van der Waals surface area contributed by atoms with Crippen LogP contribution >= 0.6 is 11.3 Å². The highest BCUT2D eigenvalue weighted by Gasteiger charge is 2.22. The minimum Gasteiger partial charge on any atom is -0.301 e. The van der Waals surface area contributed by atoms with Crippen LogP contribution in [0, 0.1) is 26.6 Å². The van der Waals surface area contributed by atoms with E-state index in [9.17, 15) is 9.18 Å². The zero-order valence-corrected chi connectivity index (χ0v) is 16.0. The van der Waals surface area contributed by atoms with E-state index in [4.69, 9.17) is 0 Å². The van der Waals surface area contributed by atoms with Crippen molar-refractivity contribution >= 4 is 22.4 Å². The van der Waals surface area contributed by atoms with Crippen LogP contribution in [0.4, 0.5) is 9.52 Å². The van der Waals surface area contributed by atoms with Crippen molar-refractivity contribution in [2.45, 2.75) is 40.0 Å². The van der Waals surface area contributed by atoms with Gasteiger partial charge in [-0.3, -0.25) is 9.89 Å². The molecule has 0 fully saturated rings. The van der Waals surface area contributed by atoms with Gasteiger partial charge in [0, 0.05) is 28.8 Å². The maximum absolute atomic E-state index is 13.7. The van der Waals surface area contributed by atoms with Gasteiger partial charge in [-0.05, 0) is 44.9 Å². The van der Waals surface area contributed by atoms with E-state index in [-0.39, 0.29) is 17.6 Å². The molecule has 0 unspecified atom stereocenters. The van der Waals surface area contributed by atoms with Crippen LogP contribution in [0.2, 0.25) is 0 Å². The van der Waals surface area contributed by atoms with Crippen LogP contribution in [0.1, 0.15) is 45.8 Å². The van der Waals surface area contributed by atoms with Crippen molar-refractivity contribution in [3.8, 4) is 0 Å². The van der Waals surface area contributed by atoms with E-state index in [1.165, 1.54) is 11.3 Å². The van der Waals surface area contributed by atoms with Gasteiger partial charge in [0.25, 0.3) is 0 Å². The number of rotatable bonds is 5. The molecule has 1 aromatic carbocycles. The average molecular weight is 372 g/mol. The number of carbonyl (C=O) groups is 1. The number of hydrogen-bond acceptors (Lipinski definition) is 4. The van der Waals surface area contributed by atoms with Gasteiger partial charge in [-0.15, -0.1) is 11.3 Å². The molecule has 5 nitrogen and oxygen atoms in total. The highest BCUT2D eigenvalue weighted by molar-refractivity contribution is 7.15. The maximum atomic E-state index is 13.7. The number of thiazole rings is 1. The Morgan fingerprint density at radius 2 is 2.12 bits per heavy atom. The van der Waals surface area contributed by atoms with Crippen LogP contribution < -0.4 is 5.32 Å². The minimum absolute atomic E-state index is 0.125. The molecule has 2 N–H and O–H groups in total. The number of nitrogens with one attached hydrogen (secondary N) is 2. The Bertz CT molecular complexity index is 927. The van der Waals surface area contributed by atoms with Crippen LogP contribution in [0.3, 0.4) is 0 Å². The fourth-order valence-corrected chi connectivity index (χ4v) is 3.79. The van der Waals surface area contributed by atoms with Crippen LogP contribution in [-0.4, -0.2) is 21.1 Å². The molecular formula is C19H21FN4OS. The number of carbonyl (C=O) groups excluding carboxylic acids is 1. The Morgan fingerprint density at radius 3 is 2.77 bits per heavy atom. The van der Waals surface area contributed by atoms with Gasteiger partial charge >= 0.3 is 0 Å². The SMILES string of the molecule is Cc1ccc(Cc2cnc(NC(=O)[C@@H](C)c3c(C)n[nH]c3C)s2)cc1F. The molecule has 7 heteroatoms. The number of aromatic nitrogens is 3. The van der Waals surface area contributed by atoms with Crippen LogP contribution in [0.5, 0.6) is 0 Å². The lowest BCUT2D eigenvalue weighted by Crippen LogP contribution is -2.19. The van der Waals surface area contributed by atoms with Gasteiger partial charge in [-0.2, -0.15) is 5.10 Å². The highest BCUT2D eigenvalue weighted by Crippen LogP contribution is 2.26. The van der Waals surface area contributed by atoms with E-state index in [0.29, 0.717) is 17.1 Å². The molecule has 3 rings (SSSR count). The molecule has 3 aromatic rings. The Morgan fingerprint density at radius 1 is 1.35 bits per heavy atom. The van der Waals surface area contributed by atoms with E-state index in [2.05, 4.69) is 20.5 Å². The molecule has 0 saturated heterocycles. The number of benzene rings is 1. The fourth-order valence-electron chi connectivity index (χ4n) is 2.94. The Labute approximate surface area is 155 Å². The normalized spacial score (nSPS) is 12.2. The van der Waals surface area contributed by atoms with Gasteiger partial charge in [0.1, 0.15) is 5.82 Å². The molecule has 0 spiro atoms. The predicted molar refractivity (Wildman–Crippen MR) is 101 cm³/mol. The van der Waals surface area contributed by atoms with Crippen LogP contribution in [0.15, 0.2) is 24.4 Å². The third kappa shape index (κ3) is 3.83. The summed E-state index contributed by atoms with van der Waals surface area (Å²) in [7, 11) is 0. The lowest BCUT2D eigenvalue weighted by Gasteiger charge is -2.11. The highest BCUT2D eigenvalue weighted by atomic mass is 32.1. The van der Waals surface area contributed by atoms with Crippen molar-refractivity contribution in [3.05, 3.63) is 63.2 Å². The second-order valence-electron chi connectivity index (χ2n) is 6.45. The Balaban J connectivity index is 1.68. The Hall–Kier alpha value is -2.54. The largest absolute Gasteiger partial charge is 0.301 e. The topological polar surface area (TPSA) is 70.7 Å². The summed E-state index contributed by atoms with van der Waals surface area (Å²) < 4.78 is 13.7. The molecule has 0 aliphatic rings. The summed E-state index contributed by atoms with van der Waals surface area (Å²) in [5.41, 5.74) is 4.14.